The van der Waals surface area contributed by atoms with Gasteiger partial charge in [-0.2, -0.15) is 0 Å². The fraction of sp³-hybridized carbons (Fsp3) is 0.462. The van der Waals surface area contributed by atoms with Gasteiger partial charge in [0, 0.05) is 17.5 Å². The molecule has 1 aromatic carbocycles. The zero-order valence-electron chi connectivity index (χ0n) is 10.4. The maximum absolute atomic E-state index is 11.4. The van der Waals surface area contributed by atoms with Crippen molar-refractivity contribution < 1.29 is 9.53 Å². The number of amides is 1. The minimum absolute atomic E-state index is 0.0151. The molecule has 17 heavy (non-hydrogen) atoms. The Bertz CT molecular complexity index is 391. The summed E-state index contributed by atoms with van der Waals surface area (Å²) in [4.78, 5) is 11.4. The van der Waals surface area contributed by atoms with Crippen molar-refractivity contribution in [3.63, 3.8) is 0 Å². The van der Waals surface area contributed by atoms with Crippen LogP contribution in [0, 0.1) is 5.92 Å². The quantitative estimate of drug-likeness (QED) is 0.879. The number of ether oxygens (including phenoxy) is 1. The van der Waals surface area contributed by atoms with E-state index in [4.69, 9.17) is 16.3 Å². The average molecular weight is 256 g/mol. The summed E-state index contributed by atoms with van der Waals surface area (Å²) in [5, 5.41) is 3.53. The summed E-state index contributed by atoms with van der Waals surface area (Å²) in [5.74, 6) is 0.820. The van der Waals surface area contributed by atoms with Gasteiger partial charge in [0.05, 0.1) is 7.11 Å². The topological polar surface area (TPSA) is 38.3 Å². The van der Waals surface area contributed by atoms with E-state index in [1.54, 1.807) is 13.2 Å². The number of hydrogen-bond acceptors (Lipinski definition) is 2. The van der Waals surface area contributed by atoms with Crippen molar-refractivity contribution in [2.75, 3.05) is 13.7 Å². The van der Waals surface area contributed by atoms with Crippen molar-refractivity contribution in [1.82, 2.24) is 5.32 Å². The fourth-order valence-corrected chi connectivity index (χ4v) is 1.65. The number of carbonyl (C=O) groups is 1. The summed E-state index contributed by atoms with van der Waals surface area (Å²) in [6.45, 7) is 4.34. The minimum atomic E-state index is 0.0151. The van der Waals surface area contributed by atoms with Crippen molar-refractivity contribution in [2.24, 2.45) is 5.92 Å². The lowest BCUT2D eigenvalue weighted by Gasteiger charge is -2.09. The number of benzene rings is 1. The van der Waals surface area contributed by atoms with Crippen LogP contribution in [-0.4, -0.2) is 19.6 Å². The molecule has 0 bridgehead atoms. The first-order chi connectivity index (χ1) is 8.04. The van der Waals surface area contributed by atoms with Crippen LogP contribution >= 0.6 is 11.6 Å². The Balaban J connectivity index is 2.50. The molecular formula is C13H18ClNO2. The molecule has 0 radical (unpaired) electrons. The van der Waals surface area contributed by atoms with Crippen LogP contribution in [0.25, 0.3) is 0 Å². The fourth-order valence-electron chi connectivity index (χ4n) is 1.38. The second-order valence-corrected chi connectivity index (χ2v) is 4.56. The molecule has 0 unspecified atom stereocenters. The zero-order chi connectivity index (χ0) is 12.8. The lowest BCUT2D eigenvalue weighted by molar-refractivity contribution is -0.123. The van der Waals surface area contributed by atoms with Gasteiger partial charge in [-0.25, -0.2) is 0 Å². The zero-order valence-corrected chi connectivity index (χ0v) is 11.2. The molecule has 1 N–H and O–H groups in total. The number of halogens is 1. The summed E-state index contributed by atoms with van der Waals surface area (Å²) in [6.07, 6.45) is 0.723. The number of nitrogens with one attached hydrogen (secondary N) is 1. The molecule has 0 aliphatic carbocycles. The van der Waals surface area contributed by atoms with Gasteiger partial charge in [-0.3, -0.25) is 4.79 Å². The van der Waals surface area contributed by atoms with Crippen LogP contribution in [0.1, 0.15) is 19.4 Å². The lowest BCUT2D eigenvalue weighted by atomic mass is 10.1. The van der Waals surface area contributed by atoms with Crippen LogP contribution in [0.5, 0.6) is 5.75 Å². The van der Waals surface area contributed by atoms with Gasteiger partial charge in [0.25, 0.3) is 0 Å². The van der Waals surface area contributed by atoms with Crippen LogP contribution in [0.4, 0.5) is 0 Å². The van der Waals surface area contributed by atoms with Gasteiger partial charge < -0.3 is 10.1 Å². The van der Waals surface area contributed by atoms with Crippen LogP contribution in [0.2, 0.25) is 5.02 Å². The SMILES string of the molecule is COc1ccc(CCNC(=O)C(C)C)c(Cl)c1. The molecule has 0 aliphatic rings. The average Bonchev–Trinajstić information content (AvgIpc) is 2.30. The minimum Gasteiger partial charge on any atom is -0.497 e. The number of hydrogen-bond donors (Lipinski definition) is 1. The van der Waals surface area contributed by atoms with E-state index in [2.05, 4.69) is 5.32 Å². The normalized spacial score (nSPS) is 10.4. The summed E-state index contributed by atoms with van der Waals surface area (Å²) in [7, 11) is 1.61. The highest BCUT2D eigenvalue weighted by Crippen LogP contribution is 2.22. The van der Waals surface area contributed by atoms with Crippen LogP contribution in [-0.2, 0) is 11.2 Å². The Labute approximate surface area is 107 Å². The number of methoxy groups -OCH3 is 1. The van der Waals surface area contributed by atoms with Crippen LogP contribution in [0.15, 0.2) is 18.2 Å². The molecule has 3 nitrogen and oxygen atoms in total. The Hall–Kier alpha value is -1.22. The van der Waals surface area contributed by atoms with Gasteiger partial charge in [0.1, 0.15) is 5.75 Å². The van der Waals surface area contributed by atoms with E-state index in [-0.39, 0.29) is 11.8 Å². The molecule has 0 spiro atoms. The first-order valence-corrected chi connectivity index (χ1v) is 6.02. The van der Waals surface area contributed by atoms with Gasteiger partial charge in [-0.05, 0) is 24.1 Å². The molecule has 1 rings (SSSR count). The summed E-state index contributed by atoms with van der Waals surface area (Å²) >= 11 is 6.09. The molecule has 4 heteroatoms. The summed E-state index contributed by atoms with van der Waals surface area (Å²) in [5.41, 5.74) is 1.01. The van der Waals surface area contributed by atoms with Crippen LogP contribution in [0.3, 0.4) is 0 Å². The Morgan fingerprint density at radius 1 is 1.47 bits per heavy atom. The van der Waals surface area contributed by atoms with Gasteiger partial charge in [-0.15, -0.1) is 0 Å². The second kappa shape index (κ2) is 6.50. The Morgan fingerprint density at radius 3 is 2.71 bits per heavy atom. The number of rotatable bonds is 5. The van der Waals surface area contributed by atoms with E-state index in [0.717, 1.165) is 17.7 Å². The monoisotopic (exact) mass is 255 g/mol. The standard InChI is InChI=1S/C13H18ClNO2/c1-9(2)13(16)15-7-6-10-4-5-11(17-3)8-12(10)14/h4-5,8-9H,6-7H2,1-3H3,(H,15,16). The molecular weight excluding hydrogens is 238 g/mol. The highest BCUT2D eigenvalue weighted by atomic mass is 35.5. The molecule has 94 valence electrons. The molecule has 0 saturated carbocycles. The maximum Gasteiger partial charge on any atom is 0.222 e. The highest BCUT2D eigenvalue weighted by Gasteiger charge is 2.06. The molecule has 1 aromatic rings. The predicted molar refractivity (Wildman–Crippen MR) is 69.6 cm³/mol. The lowest BCUT2D eigenvalue weighted by Crippen LogP contribution is -2.29. The third kappa shape index (κ3) is 4.27. The van der Waals surface area contributed by atoms with Gasteiger partial charge in [0.2, 0.25) is 5.91 Å². The summed E-state index contributed by atoms with van der Waals surface area (Å²) < 4.78 is 5.07. The van der Waals surface area contributed by atoms with Crippen molar-refractivity contribution in [3.05, 3.63) is 28.8 Å². The first-order valence-electron chi connectivity index (χ1n) is 5.64. The maximum atomic E-state index is 11.4. The third-order valence-corrected chi connectivity index (χ3v) is 2.83. The van der Waals surface area contributed by atoms with E-state index in [0.29, 0.717) is 11.6 Å². The molecule has 0 heterocycles. The molecule has 1 amide bonds. The summed E-state index contributed by atoms with van der Waals surface area (Å²) in [6, 6.07) is 5.56. The van der Waals surface area contributed by atoms with E-state index in [9.17, 15) is 4.79 Å². The van der Waals surface area contributed by atoms with Crippen molar-refractivity contribution >= 4 is 17.5 Å². The molecule has 0 saturated heterocycles. The molecule has 0 aliphatic heterocycles. The Kier molecular flexibility index (Phi) is 5.29. The first kappa shape index (κ1) is 13.8. The van der Waals surface area contributed by atoms with Gasteiger partial charge in [-0.1, -0.05) is 31.5 Å². The molecule has 0 aromatic heterocycles. The highest BCUT2D eigenvalue weighted by molar-refractivity contribution is 6.31. The molecule has 0 atom stereocenters. The van der Waals surface area contributed by atoms with Gasteiger partial charge >= 0.3 is 0 Å². The van der Waals surface area contributed by atoms with E-state index in [1.165, 1.54) is 0 Å². The van der Waals surface area contributed by atoms with E-state index in [1.807, 2.05) is 26.0 Å². The Morgan fingerprint density at radius 2 is 2.18 bits per heavy atom. The van der Waals surface area contributed by atoms with E-state index >= 15 is 0 Å². The predicted octanol–water partition coefficient (Wildman–Crippen LogP) is 2.66. The van der Waals surface area contributed by atoms with Crippen molar-refractivity contribution in [3.8, 4) is 5.75 Å². The third-order valence-electron chi connectivity index (χ3n) is 2.48. The van der Waals surface area contributed by atoms with Crippen molar-refractivity contribution in [1.29, 1.82) is 0 Å². The van der Waals surface area contributed by atoms with Crippen LogP contribution < -0.4 is 10.1 Å². The smallest absolute Gasteiger partial charge is 0.222 e. The van der Waals surface area contributed by atoms with Gasteiger partial charge in [0.15, 0.2) is 0 Å². The van der Waals surface area contributed by atoms with E-state index < -0.39 is 0 Å². The largest absolute Gasteiger partial charge is 0.497 e. The van der Waals surface area contributed by atoms with Crippen molar-refractivity contribution in [2.45, 2.75) is 20.3 Å². The number of carbonyl (C=O) groups excluding carboxylic acids is 1. The molecule has 0 fully saturated rings. The second-order valence-electron chi connectivity index (χ2n) is 4.15.